The Kier molecular flexibility index (Phi) is 20.0. The van der Waals surface area contributed by atoms with Gasteiger partial charge in [-0.15, -0.1) is 11.3 Å². The number of likely N-dealkylation sites (tertiary alicyclic amines) is 1. The average molecular weight is 1240 g/mol. The Labute approximate surface area is 513 Å². The van der Waals surface area contributed by atoms with E-state index < -0.39 is 90.5 Å². The lowest BCUT2D eigenvalue weighted by molar-refractivity contribution is -0.144. The van der Waals surface area contributed by atoms with E-state index in [0.29, 0.717) is 42.3 Å². The summed E-state index contributed by atoms with van der Waals surface area (Å²) in [6, 6.07) is 21.6. The molecule has 22 nitrogen and oxygen atoms in total. The van der Waals surface area contributed by atoms with Crippen molar-refractivity contribution in [3.05, 3.63) is 141 Å². The number of carbonyl (C=O) groups excluding carboxylic acids is 8. The Bertz CT molecular complexity index is 3670. The van der Waals surface area contributed by atoms with E-state index in [-0.39, 0.29) is 80.8 Å². The van der Waals surface area contributed by atoms with Gasteiger partial charge in [0.05, 0.1) is 52.7 Å². The Morgan fingerprint density at radius 3 is 2.26 bits per heavy atom. The van der Waals surface area contributed by atoms with E-state index in [1.807, 2.05) is 101 Å². The van der Waals surface area contributed by atoms with Crippen molar-refractivity contribution in [3.63, 3.8) is 0 Å². The van der Waals surface area contributed by atoms with Gasteiger partial charge in [-0.25, -0.2) is 4.98 Å². The highest BCUT2D eigenvalue weighted by Gasteiger charge is 2.47. The van der Waals surface area contributed by atoms with Crippen molar-refractivity contribution >= 4 is 82.4 Å². The number of anilines is 1. The molecule has 6 aromatic rings. The number of nitrogens with two attached hydrogens (primary N) is 1. The van der Waals surface area contributed by atoms with E-state index >= 15 is 0 Å². The summed E-state index contributed by atoms with van der Waals surface area (Å²) in [5.74, 6) is -3.32. The number of thiazole rings is 1. The maximum atomic E-state index is 14.6. The van der Waals surface area contributed by atoms with Gasteiger partial charge >= 0.3 is 7.60 Å². The summed E-state index contributed by atoms with van der Waals surface area (Å²) in [5, 5.41) is 22.9. The number of nitrogens with one attached hydrogen (secondary N) is 5. The fourth-order valence-electron chi connectivity index (χ4n) is 11.8. The van der Waals surface area contributed by atoms with Crippen LogP contribution in [0.3, 0.4) is 0 Å². The normalized spacial score (nSPS) is 18.9. The zero-order valence-corrected chi connectivity index (χ0v) is 51.8. The van der Waals surface area contributed by atoms with Crippen molar-refractivity contribution in [1.82, 2.24) is 36.1 Å². The number of aliphatic hydroxyl groups is 1. The number of carbonyl (C=O) groups is 8. The summed E-state index contributed by atoms with van der Waals surface area (Å²) in [6.45, 7) is 11.3. The summed E-state index contributed by atoms with van der Waals surface area (Å²) in [6.07, 6.45) is 1.51. The number of rotatable bonds is 24. The number of aromatic nitrogens is 2. The van der Waals surface area contributed by atoms with Gasteiger partial charge in [-0.2, -0.15) is 0 Å². The second-order valence-corrected chi connectivity index (χ2v) is 26.6. The molecular weight excluding hydrogens is 1170 g/mol. The predicted molar refractivity (Wildman–Crippen MR) is 331 cm³/mol. The van der Waals surface area contributed by atoms with Gasteiger partial charge in [-0.05, 0) is 122 Å². The monoisotopic (exact) mass is 1240 g/mol. The molecule has 1 fully saturated rings. The van der Waals surface area contributed by atoms with Crippen molar-refractivity contribution in [2.75, 3.05) is 11.4 Å². The number of H-pyrrole nitrogens is 1. The fraction of sp³-hybridized carbons (Fsp3) is 0.422. The van der Waals surface area contributed by atoms with Crippen molar-refractivity contribution in [2.24, 2.45) is 11.1 Å². The van der Waals surface area contributed by atoms with Crippen LogP contribution >= 0.6 is 18.9 Å². The summed E-state index contributed by atoms with van der Waals surface area (Å²) >= 11 is 1.56. The van der Waals surface area contributed by atoms with Crippen LogP contribution in [-0.4, -0.2) is 126 Å². The van der Waals surface area contributed by atoms with Crippen LogP contribution in [0.4, 0.5) is 5.69 Å². The number of ether oxygens (including phenoxy) is 1. The molecule has 3 aliphatic heterocycles. The lowest BCUT2D eigenvalue weighted by atomic mass is 9.85. The third-order valence-electron chi connectivity index (χ3n) is 16.7. The maximum absolute atomic E-state index is 14.6. The minimum Gasteiger partial charge on any atom is -0.391 e. The van der Waals surface area contributed by atoms with Crippen LogP contribution in [0.15, 0.2) is 96.5 Å². The molecule has 5 heterocycles. The van der Waals surface area contributed by atoms with Crippen molar-refractivity contribution in [2.45, 2.75) is 161 Å². The third kappa shape index (κ3) is 15.1. The molecule has 88 heavy (non-hydrogen) atoms. The molecule has 0 unspecified atom stereocenters. The SMILES string of the molecule is Cc1ncsc1-c1ccc([C@H](C)NC(=O)[C@@H]2C[C@@H](O)CN2C(=O)[C@@H](NC(=O)CCCCc2ccc(CO[C@H](C)[C@H](CCC(N)=O)NC(=O)[C@@H]3Cc4cccc5c4N3C(=O)[C@@H](NC(=O)c3cc4cc(C(=O)P(=O)(O)O)ccc4[nH]3)CC5)cc2)C(C)(C)C)cc1. The summed E-state index contributed by atoms with van der Waals surface area (Å²) in [4.78, 5) is 139. The van der Waals surface area contributed by atoms with E-state index in [1.165, 1.54) is 34.1 Å². The van der Waals surface area contributed by atoms with Crippen molar-refractivity contribution in [3.8, 4) is 10.4 Å². The van der Waals surface area contributed by atoms with Gasteiger partial charge < -0.3 is 56.5 Å². The van der Waals surface area contributed by atoms with Gasteiger partial charge in [-0.3, -0.25) is 47.8 Å². The molecule has 4 aromatic carbocycles. The molecule has 7 amide bonds. The Morgan fingerprint density at radius 1 is 0.875 bits per heavy atom. The standard InChI is InChI=1S/C64H76N9O13PS/c1-35(40-18-20-42(21-19-40)56-36(2)66-34-88-56)67-59(78)51-31-46(74)32-72(51)62(81)57(64(4,5)6)71-54(76)13-8-7-10-38-14-16-39(17-15-38)33-86-37(3)47(26-27-53(65)75)69-60(79)52-30-43-12-9-11-41-22-25-49(61(80)73(52)55(41)43)70-58(77)50-29-45-28-44(23-24-48(45)68-50)63(82)87(83,84)85/h9,11-12,14-21,23-24,28-29,34-35,37,46-47,49,51-52,57,68,74H,7-8,10,13,22,25-27,30-33H2,1-6H3,(H2,65,75)(H,67,78)(H,69,79)(H,70,77)(H,71,76)(H2,83,84,85)/t35-,37+,46+,47-,49-,51-,52-,57+/m0/s1. The van der Waals surface area contributed by atoms with Crippen molar-refractivity contribution < 1.29 is 62.6 Å². The predicted octanol–water partition coefficient (Wildman–Crippen LogP) is 6.36. The zero-order valence-electron chi connectivity index (χ0n) is 50.0. The molecular formula is C64H76N9O13PS. The van der Waals surface area contributed by atoms with Crippen LogP contribution in [0, 0.1) is 12.3 Å². The number of fused-ring (bicyclic) bond motifs is 1. The second-order valence-electron chi connectivity index (χ2n) is 24.3. The number of para-hydroxylation sites is 1. The molecule has 24 heteroatoms. The van der Waals surface area contributed by atoms with E-state index in [2.05, 4.69) is 31.2 Å². The van der Waals surface area contributed by atoms with E-state index in [0.717, 1.165) is 44.0 Å². The number of aryl methyl sites for hydroxylation is 3. The first kappa shape index (κ1) is 64.6. The largest absolute Gasteiger partial charge is 0.396 e. The maximum Gasteiger partial charge on any atom is 0.396 e. The first-order valence-electron chi connectivity index (χ1n) is 29.6. The number of benzene rings is 4. The number of primary amides is 1. The number of hydrogen-bond donors (Lipinski definition) is 9. The van der Waals surface area contributed by atoms with Crippen LogP contribution in [0.25, 0.3) is 21.3 Å². The highest BCUT2D eigenvalue weighted by atomic mass is 32.1. The molecule has 8 atom stereocenters. The Hall–Kier alpha value is -7.92. The van der Waals surface area contributed by atoms with Gasteiger partial charge in [0.15, 0.2) is 0 Å². The lowest BCUT2D eigenvalue weighted by Gasteiger charge is -2.35. The number of unbranched alkanes of at least 4 members (excludes halogenated alkanes) is 1. The minimum absolute atomic E-state index is 0.0343. The Balaban J connectivity index is 0.753. The number of β-amino-alcohol motifs (C(OH)–C–C–N with tert-alkyl or cyclic N) is 1. The summed E-state index contributed by atoms with van der Waals surface area (Å²) < 4.78 is 17.9. The molecule has 0 bridgehead atoms. The number of nitrogens with zero attached hydrogens (tertiary/aromatic N) is 3. The van der Waals surface area contributed by atoms with Crippen LogP contribution in [0.2, 0.25) is 0 Å². The third-order valence-corrected chi connectivity index (χ3v) is 18.5. The first-order valence-corrected chi connectivity index (χ1v) is 32.1. The smallest absolute Gasteiger partial charge is 0.391 e. The van der Waals surface area contributed by atoms with Crippen molar-refractivity contribution in [1.29, 1.82) is 0 Å². The fourth-order valence-corrected chi connectivity index (χ4v) is 13.1. The van der Waals surface area contributed by atoms with E-state index in [1.54, 1.807) is 23.8 Å². The van der Waals surface area contributed by atoms with Crippen LogP contribution in [-0.2, 0) is 63.9 Å². The van der Waals surface area contributed by atoms with Crippen LogP contribution in [0.1, 0.15) is 140 Å². The number of amides is 7. The second kappa shape index (κ2) is 27.2. The van der Waals surface area contributed by atoms with E-state index in [4.69, 9.17) is 10.5 Å². The topological polar surface area (TPSA) is 333 Å². The summed E-state index contributed by atoms with van der Waals surface area (Å²) in [5.41, 5.74) is 12.5. The average Bonchev–Trinajstić information content (AvgIpc) is 1.68. The molecule has 1 saturated heterocycles. The summed E-state index contributed by atoms with van der Waals surface area (Å²) in [7, 11) is -5.06. The zero-order chi connectivity index (χ0) is 63.4. The van der Waals surface area contributed by atoms with Gasteiger partial charge in [0.25, 0.3) is 11.4 Å². The lowest BCUT2D eigenvalue weighted by Crippen LogP contribution is -2.57. The van der Waals surface area contributed by atoms with Gasteiger partial charge in [0.2, 0.25) is 35.4 Å². The first-order chi connectivity index (χ1) is 41.7. The molecule has 10 N–H and O–H groups in total. The van der Waals surface area contributed by atoms with Gasteiger partial charge in [0.1, 0.15) is 29.9 Å². The number of hydrogen-bond acceptors (Lipinski definition) is 13. The number of aromatic amines is 1. The quantitative estimate of drug-likeness (QED) is 0.0235. The van der Waals surface area contributed by atoms with Gasteiger partial charge in [0, 0.05) is 48.7 Å². The minimum atomic E-state index is -5.06. The van der Waals surface area contributed by atoms with Crippen LogP contribution < -0.4 is 31.9 Å². The van der Waals surface area contributed by atoms with Gasteiger partial charge in [-0.1, -0.05) is 87.5 Å². The molecule has 0 spiro atoms. The highest BCUT2D eigenvalue weighted by Crippen LogP contribution is 2.41. The molecule has 0 aliphatic carbocycles. The molecule has 0 radical (unpaired) electrons. The molecule has 466 valence electrons. The molecule has 0 saturated carbocycles. The molecule has 9 rings (SSSR count). The highest BCUT2D eigenvalue weighted by molar-refractivity contribution is 7.70. The number of aliphatic hydroxyl groups excluding tert-OH is 1. The Morgan fingerprint density at radius 2 is 1.58 bits per heavy atom. The van der Waals surface area contributed by atoms with Crippen LogP contribution in [0.5, 0.6) is 0 Å². The molecule has 3 aliphatic rings. The molecule has 2 aromatic heterocycles. The van der Waals surface area contributed by atoms with E-state index in [9.17, 15) is 57.8 Å².